The molecule has 5 heteroatoms. The summed E-state index contributed by atoms with van der Waals surface area (Å²) in [6.07, 6.45) is 1.90. The Bertz CT molecular complexity index is 577. The zero-order valence-corrected chi connectivity index (χ0v) is 12.8. The summed E-state index contributed by atoms with van der Waals surface area (Å²) in [5, 5.41) is 7.32. The fourth-order valence-electron chi connectivity index (χ4n) is 1.84. The van der Waals surface area contributed by atoms with Crippen LogP contribution in [0.2, 0.25) is 0 Å². The van der Waals surface area contributed by atoms with Gasteiger partial charge < -0.3 is 10.6 Å². The molecule has 2 rings (SSSR count). The van der Waals surface area contributed by atoms with E-state index in [9.17, 15) is 4.79 Å². The molecule has 2 aromatic rings. The molecule has 0 aliphatic carbocycles. The van der Waals surface area contributed by atoms with Gasteiger partial charge in [0.2, 0.25) is 5.91 Å². The maximum absolute atomic E-state index is 10.9. The molecular formula is C15H19N3OS. The summed E-state index contributed by atoms with van der Waals surface area (Å²) in [5.41, 5.74) is 2.00. The Morgan fingerprint density at radius 2 is 2.05 bits per heavy atom. The highest BCUT2D eigenvalue weighted by Gasteiger charge is 2.08. The van der Waals surface area contributed by atoms with Crippen molar-refractivity contribution in [2.75, 3.05) is 5.32 Å². The largest absolute Gasteiger partial charge is 0.326 e. The zero-order valence-electron chi connectivity index (χ0n) is 11.9. The number of thiazole rings is 1. The SMILES string of the molecule is CC(=O)Nc1ccc(CNC(C)c2ncc(C)s2)cc1. The van der Waals surface area contributed by atoms with Gasteiger partial charge in [-0.1, -0.05) is 12.1 Å². The molecule has 1 unspecified atom stereocenters. The molecule has 0 spiro atoms. The summed E-state index contributed by atoms with van der Waals surface area (Å²) in [6, 6.07) is 8.09. The van der Waals surface area contributed by atoms with Gasteiger partial charge in [0.25, 0.3) is 0 Å². The van der Waals surface area contributed by atoms with E-state index in [-0.39, 0.29) is 11.9 Å². The molecule has 0 bridgehead atoms. The van der Waals surface area contributed by atoms with Gasteiger partial charge in [-0.2, -0.15) is 0 Å². The number of aryl methyl sites for hydroxylation is 1. The van der Waals surface area contributed by atoms with Crippen LogP contribution in [0.15, 0.2) is 30.5 Å². The lowest BCUT2D eigenvalue weighted by Crippen LogP contribution is -2.17. The van der Waals surface area contributed by atoms with Crippen molar-refractivity contribution in [1.29, 1.82) is 0 Å². The second-order valence-corrected chi connectivity index (χ2v) is 6.06. The lowest BCUT2D eigenvalue weighted by molar-refractivity contribution is -0.114. The molecular weight excluding hydrogens is 270 g/mol. The van der Waals surface area contributed by atoms with Crippen molar-refractivity contribution in [3.8, 4) is 0 Å². The number of nitrogens with one attached hydrogen (secondary N) is 2. The molecule has 1 aromatic heterocycles. The zero-order chi connectivity index (χ0) is 14.5. The molecule has 1 atom stereocenters. The van der Waals surface area contributed by atoms with E-state index in [2.05, 4.69) is 29.5 Å². The summed E-state index contributed by atoms with van der Waals surface area (Å²) in [4.78, 5) is 16.6. The number of hydrogen-bond donors (Lipinski definition) is 2. The number of carbonyl (C=O) groups excluding carboxylic acids is 1. The van der Waals surface area contributed by atoms with Gasteiger partial charge in [-0.25, -0.2) is 4.98 Å². The summed E-state index contributed by atoms with van der Waals surface area (Å²) in [5.74, 6) is -0.0522. The standard InChI is InChI=1S/C15H19N3OS/c1-10-8-17-15(20-10)11(2)16-9-13-4-6-14(7-5-13)18-12(3)19/h4-8,11,16H,9H2,1-3H3,(H,18,19). The second kappa shape index (κ2) is 6.63. The third-order valence-electron chi connectivity index (χ3n) is 2.90. The summed E-state index contributed by atoms with van der Waals surface area (Å²) >= 11 is 1.72. The highest BCUT2D eigenvalue weighted by molar-refractivity contribution is 7.11. The first kappa shape index (κ1) is 14.7. The molecule has 0 aliphatic heterocycles. The normalized spacial score (nSPS) is 12.2. The van der Waals surface area contributed by atoms with Crippen molar-refractivity contribution < 1.29 is 4.79 Å². The van der Waals surface area contributed by atoms with Crippen molar-refractivity contribution in [3.05, 3.63) is 45.9 Å². The van der Waals surface area contributed by atoms with Crippen LogP contribution in [0.5, 0.6) is 0 Å². The number of benzene rings is 1. The number of nitrogens with zero attached hydrogens (tertiary/aromatic N) is 1. The van der Waals surface area contributed by atoms with Crippen LogP contribution in [0, 0.1) is 6.92 Å². The Kier molecular flexibility index (Phi) is 4.87. The van der Waals surface area contributed by atoms with Crippen LogP contribution in [0.25, 0.3) is 0 Å². The third-order valence-corrected chi connectivity index (χ3v) is 3.99. The van der Waals surface area contributed by atoms with Gasteiger partial charge in [0, 0.05) is 30.2 Å². The molecule has 0 saturated heterocycles. The van der Waals surface area contributed by atoms with Gasteiger partial charge >= 0.3 is 0 Å². The predicted molar refractivity (Wildman–Crippen MR) is 82.9 cm³/mol. The average Bonchev–Trinajstić information content (AvgIpc) is 2.84. The number of hydrogen-bond acceptors (Lipinski definition) is 4. The van der Waals surface area contributed by atoms with Gasteiger partial charge in [-0.15, -0.1) is 11.3 Å². The summed E-state index contributed by atoms with van der Waals surface area (Å²) in [7, 11) is 0. The molecule has 1 heterocycles. The van der Waals surface area contributed by atoms with Crippen LogP contribution >= 0.6 is 11.3 Å². The lowest BCUT2D eigenvalue weighted by atomic mass is 10.2. The number of carbonyl (C=O) groups is 1. The monoisotopic (exact) mass is 289 g/mol. The number of amides is 1. The Balaban J connectivity index is 1.89. The van der Waals surface area contributed by atoms with E-state index in [4.69, 9.17) is 0 Å². The summed E-state index contributed by atoms with van der Waals surface area (Å²) in [6.45, 7) is 6.46. The highest BCUT2D eigenvalue weighted by Crippen LogP contribution is 2.19. The van der Waals surface area contributed by atoms with Crippen LogP contribution < -0.4 is 10.6 Å². The molecule has 0 radical (unpaired) electrons. The van der Waals surface area contributed by atoms with Crippen LogP contribution in [-0.2, 0) is 11.3 Å². The first-order valence-corrected chi connectivity index (χ1v) is 7.38. The minimum absolute atomic E-state index is 0.0522. The van der Waals surface area contributed by atoms with Crippen LogP contribution in [0.1, 0.15) is 35.3 Å². The predicted octanol–water partition coefficient (Wildman–Crippen LogP) is 3.26. The molecule has 4 nitrogen and oxygen atoms in total. The first-order valence-electron chi connectivity index (χ1n) is 6.57. The molecule has 1 amide bonds. The van der Waals surface area contributed by atoms with E-state index in [1.54, 1.807) is 11.3 Å². The van der Waals surface area contributed by atoms with Crippen molar-refractivity contribution in [2.45, 2.75) is 33.4 Å². The minimum atomic E-state index is -0.0522. The van der Waals surface area contributed by atoms with E-state index in [1.165, 1.54) is 17.4 Å². The minimum Gasteiger partial charge on any atom is -0.326 e. The van der Waals surface area contributed by atoms with Crippen LogP contribution in [0.3, 0.4) is 0 Å². The van der Waals surface area contributed by atoms with Crippen molar-refractivity contribution in [2.24, 2.45) is 0 Å². The van der Waals surface area contributed by atoms with E-state index >= 15 is 0 Å². The number of anilines is 1. The van der Waals surface area contributed by atoms with E-state index in [0.717, 1.165) is 17.2 Å². The van der Waals surface area contributed by atoms with E-state index in [1.807, 2.05) is 30.5 Å². The number of rotatable bonds is 5. The molecule has 1 aromatic carbocycles. The second-order valence-electron chi connectivity index (χ2n) is 4.79. The van der Waals surface area contributed by atoms with E-state index in [0.29, 0.717) is 0 Å². The van der Waals surface area contributed by atoms with Crippen LogP contribution in [-0.4, -0.2) is 10.9 Å². The van der Waals surface area contributed by atoms with Gasteiger partial charge in [-0.3, -0.25) is 4.79 Å². The van der Waals surface area contributed by atoms with Crippen molar-refractivity contribution >= 4 is 22.9 Å². The molecule has 106 valence electrons. The van der Waals surface area contributed by atoms with Crippen molar-refractivity contribution in [1.82, 2.24) is 10.3 Å². The fraction of sp³-hybridized carbons (Fsp3) is 0.333. The first-order chi connectivity index (χ1) is 9.54. The Morgan fingerprint density at radius 3 is 2.60 bits per heavy atom. The maximum Gasteiger partial charge on any atom is 0.221 e. The van der Waals surface area contributed by atoms with Crippen LogP contribution in [0.4, 0.5) is 5.69 Å². The molecule has 0 aliphatic rings. The maximum atomic E-state index is 10.9. The van der Waals surface area contributed by atoms with E-state index < -0.39 is 0 Å². The lowest BCUT2D eigenvalue weighted by Gasteiger charge is -2.11. The Hall–Kier alpha value is -1.72. The topological polar surface area (TPSA) is 54.0 Å². The molecule has 0 saturated carbocycles. The van der Waals surface area contributed by atoms with Gasteiger partial charge in [0.15, 0.2) is 0 Å². The third kappa shape index (κ3) is 4.15. The summed E-state index contributed by atoms with van der Waals surface area (Å²) < 4.78 is 0. The van der Waals surface area contributed by atoms with Gasteiger partial charge in [0.05, 0.1) is 6.04 Å². The Labute approximate surface area is 123 Å². The molecule has 2 N–H and O–H groups in total. The smallest absolute Gasteiger partial charge is 0.221 e. The molecule has 0 fully saturated rings. The molecule has 20 heavy (non-hydrogen) atoms. The van der Waals surface area contributed by atoms with Gasteiger partial charge in [-0.05, 0) is 31.5 Å². The number of aromatic nitrogens is 1. The van der Waals surface area contributed by atoms with Gasteiger partial charge in [0.1, 0.15) is 5.01 Å². The highest BCUT2D eigenvalue weighted by atomic mass is 32.1. The average molecular weight is 289 g/mol. The fourth-order valence-corrected chi connectivity index (χ4v) is 2.64. The Morgan fingerprint density at radius 1 is 1.35 bits per heavy atom. The quantitative estimate of drug-likeness (QED) is 0.888. The van der Waals surface area contributed by atoms with Crippen molar-refractivity contribution in [3.63, 3.8) is 0 Å².